The monoisotopic (exact) mass is 350 g/mol. The van der Waals surface area contributed by atoms with Crippen molar-refractivity contribution in [3.05, 3.63) is 65.7 Å². The van der Waals surface area contributed by atoms with Gasteiger partial charge in [-0.2, -0.15) is 13.2 Å². The zero-order valence-electron chi connectivity index (χ0n) is 13.8. The maximum atomic E-state index is 12.8. The van der Waals surface area contributed by atoms with E-state index in [2.05, 4.69) is 22.3 Å². The molecular weight excluding hydrogens is 329 g/mol. The number of nitrogens with zero attached hydrogens (tertiary/aromatic N) is 1. The smallest absolute Gasteiger partial charge is 0.382 e. The first kappa shape index (κ1) is 17.8. The van der Waals surface area contributed by atoms with Crippen LogP contribution in [0.4, 0.5) is 18.9 Å². The van der Waals surface area contributed by atoms with Gasteiger partial charge in [-0.1, -0.05) is 36.4 Å². The second-order valence-electron chi connectivity index (χ2n) is 6.17. The molecule has 0 aromatic heterocycles. The minimum Gasteiger partial charge on any atom is -0.382 e. The molecule has 0 spiro atoms. The number of anilines is 1. The Morgan fingerprint density at radius 3 is 2.64 bits per heavy atom. The van der Waals surface area contributed by atoms with Crippen molar-refractivity contribution >= 4 is 5.69 Å². The number of rotatable bonds is 5. The molecule has 134 valence electrons. The average Bonchev–Trinajstić information content (AvgIpc) is 2.61. The summed E-state index contributed by atoms with van der Waals surface area (Å²) in [4.78, 5) is 2.30. The molecule has 2 aromatic rings. The molecule has 1 heterocycles. The van der Waals surface area contributed by atoms with Gasteiger partial charge in [0.05, 0.1) is 18.3 Å². The SMILES string of the molecule is FC(F)(F)c1cccc(NCC2CN(Cc3ccccc3)CCO2)c1. The van der Waals surface area contributed by atoms with Crippen LogP contribution in [0, 0.1) is 0 Å². The Balaban J connectivity index is 1.53. The van der Waals surface area contributed by atoms with E-state index in [1.807, 2.05) is 18.2 Å². The number of hydrogen-bond acceptors (Lipinski definition) is 3. The van der Waals surface area contributed by atoms with Crippen molar-refractivity contribution in [3.8, 4) is 0 Å². The third-order valence-corrected chi connectivity index (χ3v) is 4.20. The molecule has 0 radical (unpaired) electrons. The van der Waals surface area contributed by atoms with Crippen LogP contribution >= 0.6 is 0 Å². The molecule has 1 N–H and O–H groups in total. The van der Waals surface area contributed by atoms with E-state index in [1.165, 1.54) is 11.6 Å². The van der Waals surface area contributed by atoms with Gasteiger partial charge in [-0.15, -0.1) is 0 Å². The van der Waals surface area contributed by atoms with Crippen LogP contribution in [0.3, 0.4) is 0 Å². The highest BCUT2D eigenvalue weighted by atomic mass is 19.4. The second-order valence-corrected chi connectivity index (χ2v) is 6.17. The van der Waals surface area contributed by atoms with Gasteiger partial charge in [0.2, 0.25) is 0 Å². The molecule has 3 nitrogen and oxygen atoms in total. The lowest BCUT2D eigenvalue weighted by atomic mass is 10.1. The fraction of sp³-hybridized carbons (Fsp3) is 0.368. The number of ether oxygens (including phenoxy) is 1. The third-order valence-electron chi connectivity index (χ3n) is 4.20. The van der Waals surface area contributed by atoms with Gasteiger partial charge in [-0.3, -0.25) is 4.90 Å². The van der Waals surface area contributed by atoms with E-state index in [0.29, 0.717) is 18.8 Å². The Labute approximate surface area is 145 Å². The predicted molar refractivity (Wildman–Crippen MR) is 91.4 cm³/mol. The summed E-state index contributed by atoms with van der Waals surface area (Å²) in [5, 5.41) is 3.06. The highest BCUT2D eigenvalue weighted by molar-refractivity contribution is 5.46. The molecule has 1 saturated heterocycles. The van der Waals surface area contributed by atoms with Crippen LogP contribution in [-0.4, -0.2) is 37.2 Å². The van der Waals surface area contributed by atoms with Crippen LogP contribution < -0.4 is 5.32 Å². The summed E-state index contributed by atoms with van der Waals surface area (Å²) in [6, 6.07) is 15.5. The number of alkyl halides is 3. The van der Waals surface area contributed by atoms with Crippen LogP contribution in [0.5, 0.6) is 0 Å². The van der Waals surface area contributed by atoms with Crippen molar-refractivity contribution in [2.75, 3.05) is 31.6 Å². The number of nitrogens with one attached hydrogen (secondary N) is 1. The summed E-state index contributed by atoms with van der Waals surface area (Å²) in [6.07, 6.45) is -4.38. The number of halogens is 3. The Morgan fingerprint density at radius 1 is 1.08 bits per heavy atom. The van der Waals surface area contributed by atoms with E-state index in [-0.39, 0.29) is 6.10 Å². The van der Waals surface area contributed by atoms with E-state index in [4.69, 9.17) is 4.74 Å². The minimum absolute atomic E-state index is 0.0491. The topological polar surface area (TPSA) is 24.5 Å². The zero-order chi connectivity index (χ0) is 17.7. The van der Waals surface area contributed by atoms with Crippen LogP contribution in [0.25, 0.3) is 0 Å². The highest BCUT2D eigenvalue weighted by Gasteiger charge is 2.30. The molecule has 1 fully saturated rings. The normalized spacial score (nSPS) is 18.9. The molecule has 0 saturated carbocycles. The molecule has 0 amide bonds. The van der Waals surface area contributed by atoms with Crippen molar-refractivity contribution in [1.29, 1.82) is 0 Å². The maximum absolute atomic E-state index is 12.8. The quantitative estimate of drug-likeness (QED) is 0.882. The maximum Gasteiger partial charge on any atom is 0.416 e. The van der Waals surface area contributed by atoms with Gasteiger partial charge < -0.3 is 10.1 Å². The van der Waals surface area contributed by atoms with Crippen molar-refractivity contribution < 1.29 is 17.9 Å². The lowest BCUT2D eigenvalue weighted by Gasteiger charge is -2.33. The first-order chi connectivity index (χ1) is 12.0. The van der Waals surface area contributed by atoms with E-state index >= 15 is 0 Å². The predicted octanol–water partition coefficient (Wildman–Crippen LogP) is 4.02. The lowest BCUT2D eigenvalue weighted by molar-refractivity contribution is -0.137. The molecule has 3 rings (SSSR count). The van der Waals surface area contributed by atoms with Gasteiger partial charge in [0, 0.05) is 31.9 Å². The zero-order valence-corrected chi connectivity index (χ0v) is 13.8. The van der Waals surface area contributed by atoms with Crippen molar-refractivity contribution in [2.45, 2.75) is 18.8 Å². The Kier molecular flexibility index (Phi) is 5.60. The number of benzene rings is 2. The Morgan fingerprint density at radius 2 is 1.88 bits per heavy atom. The molecule has 6 heteroatoms. The number of hydrogen-bond donors (Lipinski definition) is 1. The average molecular weight is 350 g/mol. The standard InChI is InChI=1S/C19H21F3N2O/c20-19(21,22)16-7-4-8-17(11-16)23-12-18-14-24(9-10-25-18)13-15-5-2-1-3-6-15/h1-8,11,18,23H,9-10,12-14H2. The largest absolute Gasteiger partial charge is 0.416 e. The van der Waals surface area contributed by atoms with Gasteiger partial charge in [0.25, 0.3) is 0 Å². The molecule has 25 heavy (non-hydrogen) atoms. The molecular formula is C19H21F3N2O. The molecule has 1 atom stereocenters. The summed E-state index contributed by atoms with van der Waals surface area (Å²) in [5.41, 5.74) is 1.06. The molecule has 1 aliphatic heterocycles. The van der Waals surface area contributed by atoms with Crippen LogP contribution in [0.15, 0.2) is 54.6 Å². The Bertz CT molecular complexity index is 676. The van der Waals surface area contributed by atoms with Crippen LogP contribution in [0.2, 0.25) is 0 Å². The second kappa shape index (κ2) is 7.89. The molecule has 1 aliphatic rings. The molecule has 0 bridgehead atoms. The highest BCUT2D eigenvalue weighted by Crippen LogP contribution is 2.30. The summed E-state index contributed by atoms with van der Waals surface area (Å²) >= 11 is 0. The van der Waals surface area contributed by atoms with E-state index < -0.39 is 11.7 Å². The summed E-state index contributed by atoms with van der Waals surface area (Å²) in [5.74, 6) is 0. The van der Waals surface area contributed by atoms with Crippen LogP contribution in [-0.2, 0) is 17.5 Å². The van der Waals surface area contributed by atoms with E-state index in [9.17, 15) is 13.2 Å². The number of morpholine rings is 1. The van der Waals surface area contributed by atoms with Crippen molar-refractivity contribution in [3.63, 3.8) is 0 Å². The van der Waals surface area contributed by atoms with Gasteiger partial charge in [-0.25, -0.2) is 0 Å². The fourth-order valence-corrected chi connectivity index (χ4v) is 2.93. The molecule has 1 unspecified atom stereocenters. The third kappa shape index (κ3) is 5.21. The van der Waals surface area contributed by atoms with Gasteiger partial charge in [-0.05, 0) is 23.8 Å². The van der Waals surface area contributed by atoms with Gasteiger partial charge in [0.15, 0.2) is 0 Å². The first-order valence-corrected chi connectivity index (χ1v) is 8.30. The van der Waals surface area contributed by atoms with Crippen LogP contribution in [0.1, 0.15) is 11.1 Å². The molecule has 2 aromatic carbocycles. The minimum atomic E-state index is -4.33. The summed E-state index contributed by atoms with van der Waals surface area (Å²) in [7, 11) is 0. The molecule has 0 aliphatic carbocycles. The van der Waals surface area contributed by atoms with Gasteiger partial charge in [0.1, 0.15) is 0 Å². The first-order valence-electron chi connectivity index (χ1n) is 8.30. The van der Waals surface area contributed by atoms with Crippen molar-refractivity contribution in [1.82, 2.24) is 4.90 Å². The fourth-order valence-electron chi connectivity index (χ4n) is 2.93. The summed E-state index contributed by atoms with van der Waals surface area (Å²) < 4.78 is 44.0. The van der Waals surface area contributed by atoms with Crippen molar-refractivity contribution in [2.24, 2.45) is 0 Å². The van der Waals surface area contributed by atoms with E-state index in [0.717, 1.165) is 31.8 Å². The van der Waals surface area contributed by atoms with Gasteiger partial charge >= 0.3 is 6.18 Å². The Hall–Kier alpha value is -2.05. The lowest BCUT2D eigenvalue weighted by Crippen LogP contribution is -2.44. The van der Waals surface area contributed by atoms with E-state index in [1.54, 1.807) is 6.07 Å². The summed E-state index contributed by atoms with van der Waals surface area (Å²) in [6.45, 7) is 3.56.